The molecule has 1 aromatic carbocycles. The number of hydrogen-bond donors (Lipinski definition) is 0. The van der Waals surface area contributed by atoms with Gasteiger partial charge in [0.15, 0.2) is 0 Å². The molecule has 0 aliphatic carbocycles. The number of alkyl halides is 1. The van der Waals surface area contributed by atoms with Gasteiger partial charge in [-0.25, -0.2) is 0 Å². The maximum absolute atomic E-state index is 5.74. The second-order valence-electron chi connectivity index (χ2n) is 3.30. The molecule has 72 valence electrons. The Balaban J connectivity index is 2.98. The number of halogens is 2. The zero-order valence-electron chi connectivity index (χ0n) is 7.98. The molecule has 0 aromatic heterocycles. The third-order valence-corrected chi connectivity index (χ3v) is 3.36. The predicted molar refractivity (Wildman–Crippen MR) is 62.4 cm³/mol. The van der Waals surface area contributed by atoms with Crippen molar-refractivity contribution >= 4 is 27.5 Å². The van der Waals surface area contributed by atoms with E-state index < -0.39 is 0 Å². The lowest BCUT2D eigenvalue weighted by Crippen LogP contribution is -1.93. The summed E-state index contributed by atoms with van der Waals surface area (Å²) in [6.07, 6.45) is 1.17. The average Bonchev–Trinajstić information content (AvgIpc) is 2.16. The summed E-state index contributed by atoms with van der Waals surface area (Å²) < 4.78 is 1.18. The van der Waals surface area contributed by atoms with Crippen molar-refractivity contribution in [2.75, 3.05) is 0 Å². The molecule has 0 amide bonds. The molecule has 0 N–H and O–H groups in total. The van der Waals surface area contributed by atoms with Gasteiger partial charge in [0.1, 0.15) is 0 Å². The molecule has 0 fully saturated rings. The van der Waals surface area contributed by atoms with Crippen molar-refractivity contribution in [1.82, 2.24) is 0 Å². The molecular formula is C11H14BrCl. The first kappa shape index (κ1) is 11.1. The summed E-state index contributed by atoms with van der Waals surface area (Å²) in [5.74, 6) is 1.19. The van der Waals surface area contributed by atoms with Gasteiger partial charge in [-0.15, -0.1) is 11.6 Å². The lowest BCUT2D eigenvalue weighted by atomic mass is 9.98. The fraction of sp³-hybridized carbons (Fsp3) is 0.455. The molecule has 2 heteroatoms. The average molecular weight is 262 g/mol. The second kappa shape index (κ2) is 5.02. The fourth-order valence-electron chi connectivity index (χ4n) is 1.27. The Hall–Kier alpha value is -0.0100. The van der Waals surface area contributed by atoms with E-state index in [0.717, 1.165) is 0 Å². The van der Waals surface area contributed by atoms with Crippen LogP contribution in [-0.2, 0) is 5.88 Å². The van der Waals surface area contributed by atoms with E-state index in [2.05, 4.69) is 48.0 Å². The van der Waals surface area contributed by atoms with Crippen LogP contribution in [0, 0.1) is 0 Å². The van der Waals surface area contributed by atoms with Crippen LogP contribution >= 0.6 is 27.5 Å². The van der Waals surface area contributed by atoms with Crippen LogP contribution in [0.2, 0.25) is 0 Å². The standard InChI is InChI=1S/C11H14BrCl/c1-3-8(2)10-5-4-9(7-13)6-11(10)12/h4-6,8H,3,7H2,1-2H3. The lowest BCUT2D eigenvalue weighted by molar-refractivity contribution is 0.730. The van der Waals surface area contributed by atoms with Crippen LogP contribution in [0.15, 0.2) is 22.7 Å². The van der Waals surface area contributed by atoms with E-state index in [1.54, 1.807) is 0 Å². The quantitative estimate of drug-likeness (QED) is 0.692. The van der Waals surface area contributed by atoms with Crippen LogP contribution in [0.25, 0.3) is 0 Å². The molecule has 13 heavy (non-hydrogen) atoms. The van der Waals surface area contributed by atoms with Gasteiger partial charge in [0.05, 0.1) is 0 Å². The minimum Gasteiger partial charge on any atom is -0.122 e. The van der Waals surface area contributed by atoms with E-state index in [1.807, 2.05) is 0 Å². The maximum atomic E-state index is 5.74. The maximum Gasteiger partial charge on any atom is 0.0474 e. The molecule has 1 unspecified atom stereocenters. The molecule has 0 nitrogen and oxygen atoms in total. The Bertz CT molecular complexity index is 283. The molecule has 0 aliphatic heterocycles. The topological polar surface area (TPSA) is 0 Å². The van der Waals surface area contributed by atoms with Gasteiger partial charge < -0.3 is 0 Å². The third kappa shape index (κ3) is 2.72. The zero-order chi connectivity index (χ0) is 9.84. The largest absolute Gasteiger partial charge is 0.122 e. The Morgan fingerprint density at radius 1 is 1.46 bits per heavy atom. The normalized spacial score (nSPS) is 12.9. The summed E-state index contributed by atoms with van der Waals surface area (Å²) in [4.78, 5) is 0. The molecule has 0 radical (unpaired) electrons. The Kier molecular flexibility index (Phi) is 4.27. The lowest BCUT2D eigenvalue weighted by Gasteiger charge is -2.11. The van der Waals surface area contributed by atoms with Gasteiger partial charge in [-0.05, 0) is 29.5 Å². The molecule has 0 saturated heterocycles. The summed E-state index contributed by atoms with van der Waals surface area (Å²) in [6, 6.07) is 6.36. The smallest absolute Gasteiger partial charge is 0.0474 e. The Morgan fingerprint density at radius 2 is 2.15 bits per heavy atom. The highest BCUT2D eigenvalue weighted by atomic mass is 79.9. The number of hydrogen-bond acceptors (Lipinski definition) is 0. The van der Waals surface area contributed by atoms with Crippen LogP contribution in [0.1, 0.15) is 37.3 Å². The van der Waals surface area contributed by atoms with Gasteiger partial charge in [-0.2, -0.15) is 0 Å². The van der Waals surface area contributed by atoms with E-state index in [-0.39, 0.29) is 0 Å². The van der Waals surface area contributed by atoms with Gasteiger partial charge in [0.25, 0.3) is 0 Å². The van der Waals surface area contributed by atoms with Gasteiger partial charge in [0.2, 0.25) is 0 Å². The summed E-state index contributed by atoms with van der Waals surface area (Å²) in [6.45, 7) is 4.44. The van der Waals surface area contributed by atoms with E-state index in [9.17, 15) is 0 Å². The first-order chi connectivity index (χ1) is 6.19. The van der Waals surface area contributed by atoms with Crippen LogP contribution in [-0.4, -0.2) is 0 Å². The predicted octanol–water partition coefficient (Wildman–Crippen LogP) is 4.70. The third-order valence-electron chi connectivity index (χ3n) is 2.36. The molecule has 1 atom stereocenters. The van der Waals surface area contributed by atoms with Crippen LogP contribution < -0.4 is 0 Å². The number of rotatable bonds is 3. The highest BCUT2D eigenvalue weighted by Gasteiger charge is 2.07. The molecule has 0 bridgehead atoms. The van der Waals surface area contributed by atoms with Crippen LogP contribution in [0.4, 0.5) is 0 Å². The van der Waals surface area contributed by atoms with Crippen LogP contribution in [0.3, 0.4) is 0 Å². The van der Waals surface area contributed by atoms with E-state index in [4.69, 9.17) is 11.6 Å². The first-order valence-corrected chi connectivity index (χ1v) is 5.86. The molecule has 0 heterocycles. The molecule has 1 rings (SSSR count). The Labute approximate surface area is 93.4 Å². The minimum atomic E-state index is 0.583. The van der Waals surface area contributed by atoms with Gasteiger partial charge in [-0.3, -0.25) is 0 Å². The summed E-state index contributed by atoms with van der Waals surface area (Å²) in [5.41, 5.74) is 2.54. The van der Waals surface area contributed by atoms with Crippen molar-refractivity contribution < 1.29 is 0 Å². The summed E-state index contributed by atoms with van der Waals surface area (Å²) >= 11 is 9.31. The second-order valence-corrected chi connectivity index (χ2v) is 4.42. The first-order valence-electron chi connectivity index (χ1n) is 4.53. The zero-order valence-corrected chi connectivity index (χ0v) is 10.3. The highest BCUT2D eigenvalue weighted by molar-refractivity contribution is 9.10. The van der Waals surface area contributed by atoms with Gasteiger partial charge in [-0.1, -0.05) is 41.9 Å². The van der Waals surface area contributed by atoms with Crippen molar-refractivity contribution in [2.24, 2.45) is 0 Å². The monoisotopic (exact) mass is 260 g/mol. The highest BCUT2D eigenvalue weighted by Crippen LogP contribution is 2.28. The van der Waals surface area contributed by atoms with Crippen molar-refractivity contribution in [3.8, 4) is 0 Å². The van der Waals surface area contributed by atoms with Crippen molar-refractivity contribution in [3.63, 3.8) is 0 Å². The van der Waals surface area contributed by atoms with Crippen molar-refractivity contribution in [1.29, 1.82) is 0 Å². The van der Waals surface area contributed by atoms with Gasteiger partial charge >= 0.3 is 0 Å². The molecule has 0 aliphatic rings. The SMILES string of the molecule is CCC(C)c1ccc(CCl)cc1Br. The molecule has 0 saturated carbocycles. The molecule has 1 aromatic rings. The number of benzene rings is 1. The van der Waals surface area contributed by atoms with E-state index >= 15 is 0 Å². The fourth-order valence-corrected chi connectivity index (χ4v) is 2.26. The van der Waals surface area contributed by atoms with Gasteiger partial charge in [0, 0.05) is 10.4 Å². The summed E-state index contributed by atoms with van der Waals surface area (Å²) in [5, 5.41) is 0. The molecular weight excluding hydrogens is 247 g/mol. The van der Waals surface area contributed by atoms with Crippen LogP contribution in [0.5, 0.6) is 0 Å². The van der Waals surface area contributed by atoms with Crippen molar-refractivity contribution in [2.45, 2.75) is 32.1 Å². The minimum absolute atomic E-state index is 0.583. The van der Waals surface area contributed by atoms with E-state index in [0.29, 0.717) is 11.8 Å². The molecule has 0 spiro atoms. The van der Waals surface area contributed by atoms with Crippen molar-refractivity contribution in [3.05, 3.63) is 33.8 Å². The van der Waals surface area contributed by atoms with E-state index in [1.165, 1.54) is 22.0 Å². The summed E-state index contributed by atoms with van der Waals surface area (Å²) in [7, 11) is 0. The Morgan fingerprint density at radius 3 is 2.62 bits per heavy atom.